The Morgan fingerprint density at radius 1 is 1.16 bits per heavy atom. The smallest absolute Gasteiger partial charge is 0.254 e. The molecule has 2 aromatic carbocycles. The number of rotatable bonds is 6. The maximum atomic E-state index is 13.7. The highest BCUT2D eigenvalue weighted by Gasteiger charge is 2.49. The van der Waals surface area contributed by atoms with Crippen molar-refractivity contribution in [2.24, 2.45) is 0 Å². The average Bonchev–Trinajstić information content (AvgIpc) is 3.05. The van der Waals surface area contributed by atoms with Gasteiger partial charge in [0, 0.05) is 18.7 Å². The molecule has 2 aliphatic rings. The van der Waals surface area contributed by atoms with E-state index >= 15 is 0 Å². The van der Waals surface area contributed by atoms with Crippen LogP contribution in [0.15, 0.2) is 42.5 Å². The number of aliphatic hydroxyl groups is 1. The first-order valence-corrected chi connectivity index (χ1v) is 12.5. The minimum Gasteiger partial charge on any atom is -0.380 e. The molecule has 1 saturated heterocycles. The first-order chi connectivity index (χ1) is 15.0. The number of hydrogen-bond donors (Lipinski definition) is 2. The molecule has 6 nitrogen and oxygen atoms in total. The number of carbonyl (C=O) groups is 1. The molecule has 1 aliphatic carbocycles. The van der Waals surface area contributed by atoms with E-state index in [1.54, 1.807) is 23.1 Å². The topological polar surface area (TPSA) is 86.7 Å². The van der Waals surface area contributed by atoms with Gasteiger partial charge >= 0.3 is 0 Å². The molecule has 32 heavy (non-hydrogen) atoms. The summed E-state index contributed by atoms with van der Waals surface area (Å²) in [6.45, 7) is 0.341. The van der Waals surface area contributed by atoms with Crippen LogP contribution in [0.5, 0.6) is 0 Å². The SMILES string of the molecule is CS(=O)(=O)N[C@H]1CCN(C(=O)C2(O)CCC2)[C@H]1Cc1cccc(-c2cc(F)cc(F)c2)c1. The van der Waals surface area contributed by atoms with Gasteiger partial charge in [-0.05, 0) is 60.9 Å². The quantitative estimate of drug-likeness (QED) is 0.688. The largest absolute Gasteiger partial charge is 0.380 e. The number of hydrogen-bond acceptors (Lipinski definition) is 4. The summed E-state index contributed by atoms with van der Waals surface area (Å²) in [7, 11) is -3.50. The predicted molar refractivity (Wildman–Crippen MR) is 116 cm³/mol. The van der Waals surface area contributed by atoms with Crippen LogP contribution in [0.1, 0.15) is 31.2 Å². The summed E-state index contributed by atoms with van der Waals surface area (Å²) in [6, 6.07) is 9.42. The van der Waals surface area contributed by atoms with E-state index in [2.05, 4.69) is 4.72 Å². The lowest BCUT2D eigenvalue weighted by molar-refractivity contribution is -0.161. The molecule has 9 heteroatoms. The van der Waals surface area contributed by atoms with E-state index < -0.39 is 39.3 Å². The van der Waals surface area contributed by atoms with Crippen LogP contribution in [-0.4, -0.2) is 54.8 Å². The third-order valence-electron chi connectivity index (χ3n) is 6.32. The lowest BCUT2D eigenvalue weighted by atomic mass is 9.79. The van der Waals surface area contributed by atoms with E-state index in [4.69, 9.17) is 0 Å². The van der Waals surface area contributed by atoms with Crippen molar-refractivity contribution >= 4 is 15.9 Å². The second-order valence-electron chi connectivity index (χ2n) is 8.80. The van der Waals surface area contributed by atoms with Gasteiger partial charge in [-0.3, -0.25) is 4.79 Å². The molecular formula is C23H26F2N2O4S. The molecular weight excluding hydrogens is 438 g/mol. The lowest BCUT2D eigenvalue weighted by Gasteiger charge is -2.40. The van der Waals surface area contributed by atoms with Crippen molar-refractivity contribution in [3.63, 3.8) is 0 Å². The molecule has 2 fully saturated rings. The van der Waals surface area contributed by atoms with Gasteiger partial charge in [0.05, 0.1) is 12.3 Å². The Bertz CT molecular complexity index is 1110. The second kappa shape index (κ2) is 8.53. The number of sulfonamides is 1. The zero-order valence-corrected chi connectivity index (χ0v) is 18.5. The van der Waals surface area contributed by atoms with Crippen LogP contribution in [0.2, 0.25) is 0 Å². The maximum Gasteiger partial charge on any atom is 0.254 e. The first-order valence-electron chi connectivity index (χ1n) is 10.6. The van der Waals surface area contributed by atoms with E-state index in [0.717, 1.165) is 24.3 Å². The Morgan fingerprint density at radius 2 is 1.84 bits per heavy atom. The number of carbonyl (C=O) groups excluding carboxylic acids is 1. The molecule has 0 aromatic heterocycles. The van der Waals surface area contributed by atoms with Crippen molar-refractivity contribution in [2.75, 3.05) is 12.8 Å². The Labute approximate surface area is 186 Å². The Hall–Kier alpha value is -2.36. The second-order valence-corrected chi connectivity index (χ2v) is 10.6. The number of amides is 1. The van der Waals surface area contributed by atoms with E-state index in [0.29, 0.717) is 43.4 Å². The van der Waals surface area contributed by atoms with Gasteiger partial charge in [-0.15, -0.1) is 0 Å². The molecule has 172 valence electrons. The third kappa shape index (κ3) is 4.84. The fourth-order valence-electron chi connectivity index (χ4n) is 4.60. The van der Waals surface area contributed by atoms with Gasteiger partial charge in [0.25, 0.3) is 5.91 Å². The van der Waals surface area contributed by atoms with Crippen LogP contribution >= 0.6 is 0 Å². The van der Waals surface area contributed by atoms with Crippen LogP contribution in [0.25, 0.3) is 11.1 Å². The van der Waals surface area contributed by atoms with E-state index in [1.807, 2.05) is 6.07 Å². The van der Waals surface area contributed by atoms with Crippen molar-refractivity contribution in [1.82, 2.24) is 9.62 Å². The maximum absolute atomic E-state index is 13.7. The number of nitrogens with zero attached hydrogens (tertiary/aromatic N) is 1. The van der Waals surface area contributed by atoms with Gasteiger partial charge in [-0.1, -0.05) is 24.3 Å². The fourth-order valence-corrected chi connectivity index (χ4v) is 5.43. The normalized spacial score (nSPS) is 22.6. The minimum absolute atomic E-state index is 0.334. The van der Waals surface area contributed by atoms with Crippen LogP contribution in [0, 0.1) is 11.6 Å². The van der Waals surface area contributed by atoms with Gasteiger partial charge in [0.15, 0.2) is 0 Å². The molecule has 2 aromatic rings. The monoisotopic (exact) mass is 464 g/mol. The minimum atomic E-state index is -3.50. The highest BCUT2D eigenvalue weighted by atomic mass is 32.2. The molecule has 0 bridgehead atoms. The van der Waals surface area contributed by atoms with Crippen LogP contribution in [0.4, 0.5) is 8.78 Å². The summed E-state index contributed by atoms with van der Waals surface area (Å²) in [5, 5.41) is 10.6. The zero-order valence-electron chi connectivity index (χ0n) is 17.7. The van der Waals surface area contributed by atoms with Crippen LogP contribution in [-0.2, 0) is 21.2 Å². The summed E-state index contributed by atoms with van der Waals surface area (Å²) in [6.07, 6.45) is 3.43. The first kappa shape index (κ1) is 22.8. The Morgan fingerprint density at radius 3 is 2.44 bits per heavy atom. The zero-order chi connectivity index (χ0) is 23.1. The van der Waals surface area contributed by atoms with Crippen molar-refractivity contribution < 1.29 is 27.1 Å². The highest BCUT2D eigenvalue weighted by molar-refractivity contribution is 7.88. The van der Waals surface area contributed by atoms with Gasteiger partial charge in [0.2, 0.25) is 10.0 Å². The third-order valence-corrected chi connectivity index (χ3v) is 7.05. The van der Waals surface area contributed by atoms with Gasteiger partial charge in [-0.2, -0.15) is 0 Å². The fraction of sp³-hybridized carbons (Fsp3) is 0.435. The Kier molecular flexibility index (Phi) is 6.08. The van der Waals surface area contributed by atoms with Gasteiger partial charge in [-0.25, -0.2) is 21.9 Å². The molecule has 0 spiro atoms. The molecule has 2 atom stereocenters. The predicted octanol–water partition coefficient (Wildman–Crippen LogP) is 2.61. The van der Waals surface area contributed by atoms with Crippen molar-refractivity contribution in [3.05, 3.63) is 59.7 Å². The lowest BCUT2D eigenvalue weighted by Crippen LogP contribution is -2.57. The van der Waals surface area contributed by atoms with Crippen molar-refractivity contribution in [2.45, 2.75) is 49.8 Å². The van der Waals surface area contributed by atoms with Crippen molar-refractivity contribution in [3.8, 4) is 11.1 Å². The van der Waals surface area contributed by atoms with Crippen LogP contribution in [0.3, 0.4) is 0 Å². The number of nitrogens with one attached hydrogen (secondary N) is 1. The van der Waals surface area contributed by atoms with Gasteiger partial charge < -0.3 is 10.0 Å². The summed E-state index contributed by atoms with van der Waals surface area (Å²) in [5.41, 5.74) is 0.414. The van der Waals surface area contributed by atoms with E-state index in [9.17, 15) is 27.1 Å². The molecule has 0 radical (unpaired) electrons. The summed E-state index contributed by atoms with van der Waals surface area (Å²) in [4.78, 5) is 14.6. The summed E-state index contributed by atoms with van der Waals surface area (Å²) < 4.78 is 53.7. The van der Waals surface area contributed by atoms with E-state index in [-0.39, 0.29) is 5.91 Å². The molecule has 1 saturated carbocycles. The molecule has 0 unspecified atom stereocenters. The number of likely N-dealkylation sites (tertiary alicyclic amines) is 1. The van der Waals surface area contributed by atoms with E-state index in [1.165, 1.54) is 12.1 Å². The molecule has 1 heterocycles. The average molecular weight is 465 g/mol. The number of halogens is 2. The molecule has 4 rings (SSSR count). The molecule has 1 amide bonds. The highest BCUT2D eigenvalue weighted by Crippen LogP contribution is 2.36. The molecule has 2 N–H and O–H groups in total. The summed E-state index contributed by atoms with van der Waals surface area (Å²) >= 11 is 0. The summed E-state index contributed by atoms with van der Waals surface area (Å²) in [5.74, 6) is -1.72. The van der Waals surface area contributed by atoms with Gasteiger partial charge in [0.1, 0.15) is 17.2 Å². The van der Waals surface area contributed by atoms with Crippen LogP contribution < -0.4 is 4.72 Å². The number of benzene rings is 2. The Balaban J connectivity index is 1.63. The standard InChI is InChI=1S/C23H26F2N2O4S/c1-32(30,31)26-20-6-9-27(22(28)23(29)7-3-8-23)21(20)11-15-4-2-5-16(10-15)17-12-18(24)14-19(25)13-17/h2,4-5,10,12-14,20-21,26,29H,3,6-9,11H2,1H3/t20-,21-/m0/s1. The van der Waals surface area contributed by atoms with Crippen molar-refractivity contribution in [1.29, 1.82) is 0 Å². The molecule has 1 aliphatic heterocycles.